The third kappa shape index (κ3) is 2.58. The Bertz CT molecular complexity index is 792. The van der Waals surface area contributed by atoms with Crippen molar-refractivity contribution in [3.63, 3.8) is 0 Å². The Morgan fingerprint density at radius 1 is 1.24 bits per heavy atom. The minimum absolute atomic E-state index is 0.144. The molecule has 0 radical (unpaired) electrons. The molecular weight excluding hydrogens is 264 g/mol. The van der Waals surface area contributed by atoms with Crippen LogP contribution in [0.2, 0.25) is 0 Å². The SMILES string of the molecule is CN(C)c1ccncc1NC(=O)c1ccc2[nH]ccc2c1. The van der Waals surface area contributed by atoms with Gasteiger partial charge in [-0.2, -0.15) is 0 Å². The fraction of sp³-hybridized carbons (Fsp3) is 0.125. The van der Waals surface area contributed by atoms with E-state index < -0.39 is 0 Å². The van der Waals surface area contributed by atoms with Crippen LogP contribution in [0, 0.1) is 0 Å². The van der Waals surface area contributed by atoms with Crippen molar-refractivity contribution in [1.82, 2.24) is 9.97 Å². The van der Waals surface area contributed by atoms with Crippen molar-refractivity contribution in [1.29, 1.82) is 0 Å². The minimum Gasteiger partial charge on any atom is -0.376 e. The maximum Gasteiger partial charge on any atom is 0.255 e. The first kappa shape index (κ1) is 13.2. The van der Waals surface area contributed by atoms with Gasteiger partial charge in [-0.1, -0.05) is 0 Å². The Balaban J connectivity index is 1.89. The number of pyridine rings is 1. The number of anilines is 2. The standard InChI is InChI=1S/C16H16N4O/c1-20(2)15-6-7-17-10-14(15)19-16(21)12-3-4-13-11(9-12)5-8-18-13/h3-10,18H,1-2H3,(H,19,21). The molecular formula is C16H16N4O. The van der Waals surface area contributed by atoms with E-state index in [0.29, 0.717) is 11.3 Å². The number of carbonyl (C=O) groups is 1. The molecule has 0 fully saturated rings. The molecule has 2 heterocycles. The first-order valence-electron chi connectivity index (χ1n) is 6.65. The summed E-state index contributed by atoms with van der Waals surface area (Å²) in [5, 5.41) is 3.93. The van der Waals surface area contributed by atoms with Crippen molar-refractivity contribution in [3.05, 3.63) is 54.5 Å². The normalized spacial score (nSPS) is 10.6. The molecule has 0 saturated carbocycles. The van der Waals surface area contributed by atoms with Gasteiger partial charge in [0, 0.05) is 43.0 Å². The lowest BCUT2D eigenvalue weighted by Gasteiger charge is -2.17. The van der Waals surface area contributed by atoms with E-state index in [4.69, 9.17) is 0 Å². The molecule has 106 valence electrons. The van der Waals surface area contributed by atoms with Crippen molar-refractivity contribution < 1.29 is 4.79 Å². The van der Waals surface area contributed by atoms with Crippen LogP contribution in [0.1, 0.15) is 10.4 Å². The van der Waals surface area contributed by atoms with Gasteiger partial charge >= 0.3 is 0 Å². The monoisotopic (exact) mass is 280 g/mol. The van der Waals surface area contributed by atoms with Gasteiger partial charge in [-0.05, 0) is 30.3 Å². The largest absolute Gasteiger partial charge is 0.376 e. The maximum atomic E-state index is 12.4. The molecule has 3 aromatic rings. The molecule has 1 amide bonds. The van der Waals surface area contributed by atoms with Gasteiger partial charge in [0.1, 0.15) is 0 Å². The average molecular weight is 280 g/mol. The number of hydrogen-bond acceptors (Lipinski definition) is 3. The Kier molecular flexibility index (Phi) is 3.31. The lowest BCUT2D eigenvalue weighted by Crippen LogP contribution is -2.16. The molecule has 0 aliphatic heterocycles. The number of benzene rings is 1. The Morgan fingerprint density at radius 2 is 2.10 bits per heavy atom. The summed E-state index contributed by atoms with van der Waals surface area (Å²) in [5.41, 5.74) is 3.25. The molecule has 5 heteroatoms. The van der Waals surface area contributed by atoms with E-state index >= 15 is 0 Å². The molecule has 5 nitrogen and oxygen atoms in total. The molecule has 0 aliphatic rings. The van der Waals surface area contributed by atoms with Crippen LogP contribution in [0.5, 0.6) is 0 Å². The second kappa shape index (κ2) is 5.28. The maximum absolute atomic E-state index is 12.4. The van der Waals surface area contributed by atoms with E-state index in [1.54, 1.807) is 18.5 Å². The van der Waals surface area contributed by atoms with Gasteiger partial charge in [0.15, 0.2) is 0 Å². The lowest BCUT2D eigenvalue weighted by atomic mass is 10.1. The average Bonchev–Trinajstić information content (AvgIpc) is 2.94. The van der Waals surface area contributed by atoms with E-state index in [9.17, 15) is 4.79 Å². The zero-order chi connectivity index (χ0) is 14.8. The highest BCUT2D eigenvalue weighted by Crippen LogP contribution is 2.23. The summed E-state index contributed by atoms with van der Waals surface area (Å²) in [5.74, 6) is -0.144. The van der Waals surface area contributed by atoms with Crippen LogP contribution in [0.15, 0.2) is 48.9 Å². The fourth-order valence-electron chi connectivity index (χ4n) is 2.26. The highest BCUT2D eigenvalue weighted by molar-refractivity contribution is 6.07. The molecule has 0 bridgehead atoms. The third-order valence-electron chi connectivity index (χ3n) is 3.34. The van der Waals surface area contributed by atoms with Crippen LogP contribution in [0.3, 0.4) is 0 Å². The Hall–Kier alpha value is -2.82. The van der Waals surface area contributed by atoms with Gasteiger partial charge in [-0.15, -0.1) is 0 Å². The van der Waals surface area contributed by atoms with Gasteiger partial charge in [-0.25, -0.2) is 0 Å². The van der Waals surface area contributed by atoms with Gasteiger partial charge in [-0.3, -0.25) is 9.78 Å². The summed E-state index contributed by atoms with van der Waals surface area (Å²) in [4.78, 5) is 21.5. The quantitative estimate of drug-likeness (QED) is 0.775. The molecule has 3 rings (SSSR count). The number of rotatable bonds is 3. The second-order valence-corrected chi connectivity index (χ2v) is 5.02. The van der Waals surface area contributed by atoms with Crippen molar-refractivity contribution >= 4 is 28.2 Å². The van der Waals surface area contributed by atoms with Crippen LogP contribution in [-0.2, 0) is 0 Å². The number of nitrogens with one attached hydrogen (secondary N) is 2. The highest BCUT2D eigenvalue weighted by atomic mass is 16.1. The minimum atomic E-state index is -0.144. The zero-order valence-corrected chi connectivity index (χ0v) is 11.9. The van der Waals surface area contributed by atoms with E-state index in [2.05, 4.69) is 15.3 Å². The lowest BCUT2D eigenvalue weighted by molar-refractivity contribution is 0.102. The zero-order valence-electron chi connectivity index (χ0n) is 11.9. The number of fused-ring (bicyclic) bond motifs is 1. The number of amides is 1. The summed E-state index contributed by atoms with van der Waals surface area (Å²) < 4.78 is 0. The van der Waals surface area contributed by atoms with Crippen LogP contribution in [-0.4, -0.2) is 30.0 Å². The number of aromatic nitrogens is 2. The molecule has 2 aromatic heterocycles. The molecule has 0 saturated heterocycles. The number of carbonyl (C=O) groups excluding carboxylic acids is 1. The molecule has 0 unspecified atom stereocenters. The first-order valence-corrected chi connectivity index (χ1v) is 6.65. The van der Waals surface area contributed by atoms with Crippen LogP contribution in [0.4, 0.5) is 11.4 Å². The summed E-state index contributed by atoms with van der Waals surface area (Å²) in [6, 6.07) is 9.39. The van der Waals surface area contributed by atoms with Gasteiger partial charge in [0.2, 0.25) is 0 Å². The predicted octanol–water partition coefficient (Wildman–Crippen LogP) is 2.88. The Labute approximate surface area is 122 Å². The summed E-state index contributed by atoms with van der Waals surface area (Å²) >= 11 is 0. The molecule has 0 spiro atoms. The Morgan fingerprint density at radius 3 is 2.90 bits per heavy atom. The number of H-pyrrole nitrogens is 1. The second-order valence-electron chi connectivity index (χ2n) is 5.02. The smallest absolute Gasteiger partial charge is 0.255 e. The van der Waals surface area contributed by atoms with Crippen LogP contribution >= 0.6 is 0 Å². The van der Waals surface area contributed by atoms with Crippen LogP contribution in [0.25, 0.3) is 10.9 Å². The topological polar surface area (TPSA) is 61.0 Å². The van der Waals surface area contributed by atoms with Crippen molar-refractivity contribution in [2.24, 2.45) is 0 Å². The first-order chi connectivity index (χ1) is 10.1. The molecule has 0 atom stereocenters. The molecule has 2 N–H and O–H groups in total. The summed E-state index contributed by atoms with van der Waals surface area (Å²) in [6.45, 7) is 0. The van der Waals surface area contributed by atoms with Crippen LogP contribution < -0.4 is 10.2 Å². The van der Waals surface area contributed by atoms with E-state index in [0.717, 1.165) is 16.6 Å². The molecule has 0 aliphatic carbocycles. The van der Waals surface area contributed by atoms with E-state index in [-0.39, 0.29) is 5.91 Å². The van der Waals surface area contributed by atoms with Crippen molar-refractivity contribution in [2.45, 2.75) is 0 Å². The van der Waals surface area contributed by atoms with E-state index in [1.807, 2.05) is 49.5 Å². The van der Waals surface area contributed by atoms with Gasteiger partial charge in [0.25, 0.3) is 5.91 Å². The predicted molar refractivity (Wildman–Crippen MR) is 84.8 cm³/mol. The number of nitrogens with zero attached hydrogens (tertiary/aromatic N) is 2. The number of aromatic amines is 1. The summed E-state index contributed by atoms with van der Waals surface area (Å²) in [6.07, 6.45) is 5.22. The fourth-order valence-corrected chi connectivity index (χ4v) is 2.26. The highest BCUT2D eigenvalue weighted by Gasteiger charge is 2.11. The third-order valence-corrected chi connectivity index (χ3v) is 3.34. The van der Waals surface area contributed by atoms with Crippen molar-refractivity contribution in [2.75, 3.05) is 24.3 Å². The van der Waals surface area contributed by atoms with Gasteiger partial charge < -0.3 is 15.2 Å². The molecule has 21 heavy (non-hydrogen) atoms. The number of hydrogen-bond donors (Lipinski definition) is 2. The van der Waals surface area contributed by atoms with Crippen molar-refractivity contribution in [3.8, 4) is 0 Å². The van der Waals surface area contributed by atoms with E-state index in [1.165, 1.54) is 0 Å². The van der Waals surface area contributed by atoms with Gasteiger partial charge in [0.05, 0.1) is 17.6 Å². The molecule has 1 aromatic carbocycles. The summed E-state index contributed by atoms with van der Waals surface area (Å²) in [7, 11) is 3.85.